The molecule has 1 amide bonds. The van der Waals surface area contributed by atoms with Crippen molar-refractivity contribution in [2.24, 2.45) is 11.7 Å². The number of nitrogens with zero attached hydrogens (tertiary/aromatic N) is 1. The first-order chi connectivity index (χ1) is 8.99. The molecule has 4 heteroatoms. The first-order valence-electron chi connectivity index (χ1n) is 6.79. The van der Waals surface area contributed by atoms with Crippen molar-refractivity contribution in [3.63, 3.8) is 0 Å². The fourth-order valence-electron chi connectivity index (χ4n) is 2.70. The normalized spacial score (nSPS) is 24.1. The van der Waals surface area contributed by atoms with Gasteiger partial charge in [-0.3, -0.25) is 4.79 Å². The van der Waals surface area contributed by atoms with Crippen LogP contribution in [0.25, 0.3) is 0 Å². The van der Waals surface area contributed by atoms with Crippen LogP contribution in [0.4, 0.5) is 0 Å². The van der Waals surface area contributed by atoms with Crippen LogP contribution in [0.15, 0.2) is 28.7 Å². The van der Waals surface area contributed by atoms with Gasteiger partial charge < -0.3 is 10.6 Å². The average molecular weight is 325 g/mol. The summed E-state index contributed by atoms with van der Waals surface area (Å²) in [5.74, 6) is 0.671. The van der Waals surface area contributed by atoms with E-state index >= 15 is 0 Å². The van der Waals surface area contributed by atoms with E-state index in [-0.39, 0.29) is 18.0 Å². The van der Waals surface area contributed by atoms with Crippen LogP contribution in [0.3, 0.4) is 0 Å². The van der Waals surface area contributed by atoms with Gasteiger partial charge in [-0.1, -0.05) is 41.9 Å². The van der Waals surface area contributed by atoms with Gasteiger partial charge >= 0.3 is 0 Å². The summed E-state index contributed by atoms with van der Waals surface area (Å²) in [7, 11) is 0. The molecule has 0 radical (unpaired) electrons. The zero-order valence-electron chi connectivity index (χ0n) is 11.5. The fraction of sp³-hybridized carbons (Fsp3) is 0.533. The van der Waals surface area contributed by atoms with E-state index in [2.05, 4.69) is 41.9 Å². The maximum Gasteiger partial charge on any atom is 0.223 e. The van der Waals surface area contributed by atoms with Crippen LogP contribution in [0.5, 0.6) is 0 Å². The number of halogens is 1. The molecule has 0 saturated carbocycles. The minimum atomic E-state index is 0.00106. The second kappa shape index (κ2) is 6.06. The number of benzene rings is 1. The Morgan fingerprint density at radius 3 is 2.84 bits per heavy atom. The van der Waals surface area contributed by atoms with Gasteiger partial charge in [-0.25, -0.2) is 0 Å². The molecule has 1 aliphatic heterocycles. The Balaban J connectivity index is 2.33. The second-order valence-electron chi connectivity index (χ2n) is 5.64. The summed E-state index contributed by atoms with van der Waals surface area (Å²) in [6.07, 6.45) is 1.34. The van der Waals surface area contributed by atoms with Gasteiger partial charge in [0.15, 0.2) is 0 Å². The van der Waals surface area contributed by atoms with Crippen LogP contribution in [0.2, 0.25) is 0 Å². The molecule has 104 valence electrons. The Morgan fingerprint density at radius 1 is 1.47 bits per heavy atom. The third kappa shape index (κ3) is 3.37. The van der Waals surface area contributed by atoms with Crippen LogP contribution in [-0.4, -0.2) is 23.4 Å². The molecule has 1 heterocycles. The molecular weight excluding hydrogens is 304 g/mol. The molecule has 1 saturated heterocycles. The Morgan fingerprint density at radius 2 is 2.21 bits per heavy atom. The van der Waals surface area contributed by atoms with Crippen LogP contribution in [-0.2, 0) is 4.79 Å². The monoisotopic (exact) mass is 324 g/mol. The summed E-state index contributed by atoms with van der Waals surface area (Å²) < 4.78 is 1.03. The molecule has 0 aromatic heterocycles. The summed E-state index contributed by atoms with van der Waals surface area (Å²) in [4.78, 5) is 14.2. The number of hydrogen-bond acceptors (Lipinski definition) is 2. The van der Waals surface area contributed by atoms with Crippen molar-refractivity contribution in [1.29, 1.82) is 0 Å². The van der Waals surface area contributed by atoms with Crippen molar-refractivity contribution >= 4 is 21.8 Å². The zero-order valence-corrected chi connectivity index (χ0v) is 13.1. The van der Waals surface area contributed by atoms with Gasteiger partial charge in [-0.2, -0.15) is 0 Å². The molecule has 2 rings (SSSR count). The molecule has 0 spiro atoms. The molecular formula is C15H21BrN2O. The lowest BCUT2D eigenvalue weighted by Crippen LogP contribution is -2.49. The van der Waals surface area contributed by atoms with Crippen molar-refractivity contribution in [2.45, 2.75) is 38.8 Å². The smallest absolute Gasteiger partial charge is 0.223 e. The first-order valence-corrected chi connectivity index (χ1v) is 7.59. The molecule has 1 aliphatic rings. The average Bonchev–Trinajstić information content (AvgIpc) is 2.33. The number of rotatable bonds is 3. The molecule has 2 atom stereocenters. The minimum absolute atomic E-state index is 0.00106. The Labute approximate surface area is 123 Å². The summed E-state index contributed by atoms with van der Waals surface area (Å²) in [5.41, 5.74) is 7.40. The Bertz CT molecular complexity index is 461. The lowest BCUT2D eigenvalue weighted by Gasteiger charge is -2.41. The maximum atomic E-state index is 12.2. The molecule has 1 fully saturated rings. The number of carbonyl (C=O) groups excluding carboxylic acids is 1. The predicted molar refractivity (Wildman–Crippen MR) is 80.6 cm³/mol. The van der Waals surface area contributed by atoms with Crippen LogP contribution in [0, 0.1) is 5.92 Å². The third-order valence-corrected chi connectivity index (χ3v) is 4.00. The van der Waals surface area contributed by atoms with E-state index in [4.69, 9.17) is 5.73 Å². The van der Waals surface area contributed by atoms with E-state index in [1.807, 2.05) is 17.0 Å². The molecule has 1 aromatic carbocycles. The molecule has 1 aromatic rings. The molecule has 19 heavy (non-hydrogen) atoms. The number of hydrogen-bond donors (Lipinski definition) is 1. The highest BCUT2D eigenvalue weighted by Gasteiger charge is 2.34. The van der Waals surface area contributed by atoms with Gasteiger partial charge in [0, 0.05) is 23.5 Å². The van der Waals surface area contributed by atoms with E-state index in [0.29, 0.717) is 12.3 Å². The van der Waals surface area contributed by atoms with Crippen LogP contribution >= 0.6 is 15.9 Å². The second-order valence-corrected chi connectivity index (χ2v) is 6.56. The van der Waals surface area contributed by atoms with Gasteiger partial charge in [-0.05, 0) is 30.0 Å². The molecule has 2 unspecified atom stereocenters. The van der Waals surface area contributed by atoms with E-state index in [9.17, 15) is 4.79 Å². The largest absolute Gasteiger partial charge is 0.334 e. The van der Waals surface area contributed by atoms with Crippen LogP contribution < -0.4 is 5.73 Å². The van der Waals surface area contributed by atoms with Gasteiger partial charge in [0.1, 0.15) is 0 Å². The van der Waals surface area contributed by atoms with Crippen LogP contribution in [0.1, 0.15) is 38.3 Å². The molecule has 2 N–H and O–H groups in total. The summed E-state index contributed by atoms with van der Waals surface area (Å²) >= 11 is 3.49. The highest BCUT2D eigenvalue weighted by Crippen LogP contribution is 2.32. The standard InChI is InChI=1S/C15H21BrN2O/c1-10(2)9-18-14(19)7-6-13(17)15(18)11-4-3-5-12(16)8-11/h3-5,8,10,13,15H,6-7,9,17H2,1-2H3. The van der Waals surface area contributed by atoms with Gasteiger partial charge in [0.2, 0.25) is 5.91 Å². The Hall–Kier alpha value is -0.870. The van der Waals surface area contributed by atoms with Gasteiger partial charge in [0.25, 0.3) is 0 Å². The number of nitrogens with two attached hydrogens (primary N) is 1. The third-order valence-electron chi connectivity index (χ3n) is 3.51. The van der Waals surface area contributed by atoms with E-state index in [1.54, 1.807) is 0 Å². The topological polar surface area (TPSA) is 46.3 Å². The van der Waals surface area contributed by atoms with E-state index in [0.717, 1.165) is 23.0 Å². The summed E-state index contributed by atoms with van der Waals surface area (Å²) in [6, 6.07) is 8.13. The van der Waals surface area contributed by atoms with E-state index in [1.165, 1.54) is 0 Å². The van der Waals surface area contributed by atoms with E-state index < -0.39 is 0 Å². The number of piperidine rings is 1. The fourth-order valence-corrected chi connectivity index (χ4v) is 3.12. The molecule has 0 aliphatic carbocycles. The first kappa shape index (κ1) is 14.5. The zero-order chi connectivity index (χ0) is 14.0. The van der Waals surface area contributed by atoms with Gasteiger partial charge in [0.05, 0.1) is 6.04 Å². The SMILES string of the molecule is CC(C)CN1C(=O)CCC(N)C1c1cccc(Br)c1. The van der Waals surface area contributed by atoms with Crippen molar-refractivity contribution in [2.75, 3.05) is 6.54 Å². The van der Waals surface area contributed by atoms with Crippen molar-refractivity contribution < 1.29 is 4.79 Å². The molecule has 0 bridgehead atoms. The molecule has 3 nitrogen and oxygen atoms in total. The lowest BCUT2D eigenvalue weighted by molar-refractivity contribution is -0.138. The van der Waals surface area contributed by atoms with Crippen molar-refractivity contribution in [3.05, 3.63) is 34.3 Å². The summed E-state index contributed by atoms with van der Waals surface area (Å²) in [6.45, 7) is 5.03. The maximum absolute atomic E-state index is 12.2. The quantitative estimate of drug-likeness (QED) is 0.928. The lowest BCUT2D eigenvalue weighted by atomic mass is 9.90. The summed E-state index contributed by atoms with van der Waals surface area (Å²) in [5, 5.41) is 0. The minimum Gasteiger partial charge on any atom is -0.334 e. The highest BCUT2D eigenvalue weighted by molar-refractivity contribution is 9.10. The number of likely N-dealkylation sites (tertiary alicyclic amines) is 1. The predicted octanol–water partition coefficient (Wildman–Crippen LogP) is 3.10. The number of amides is 1. The van der Waals surface area contributed by atoms with Gasteiger partial charge in [-0.15, -0.1) is 0 Å². The number of carbonyl (C=O) groups is 1. The highest BCUT2D eigenvalue weighted by atomic mass is 79.9. The van der Waals surface area contributed by atoms with Crippen molar-refractivity contribution in [3.8, 4) is 0 Å². The van der Waals surface area contributed by atoms with Crippen molar-refractivity contribution in [1.82, 2.24) is 4.90 Å². The Kier molecular flexibility index (Phi) is 4.63.